The Labute approximate surface area is 159 Å². The maximum Gasteiger partial charge on any atom is 0.251 e. The van der Waals surface area contributed by atoms with E-state index in [0.29, 0.717) is 23.8 Å². The van der Waals surface area contributed by atoms with Crippen LogP contribution in [-0.2, 0) is 4.79 Å². The fraction of sp³-hybridized carbons (Fsp3) is 0.500. The highest BCUT2D eigenvalue weighted by molar-refractivity contribution is 5.96. The van der Waals surface area contributed by atoms with Crippen molar-refractivity contribution in [1.82, 2.24) is 20.4 Å². The summed E-state index contributed by atoms with van der Waals surface area (Å²) in [7, 11) is 0. The van der Waals surface area contributed by atoms with E-state index in [1.54, 1.807) is 29.2 Å². The summed E-state index contributed by atoms with van der Waals surface area (Å²) < 4.78 is 5.34. The number of amides is 2. The van der Waals surface area contributed by atoms with E-state index in [0.717, 1.165) is 25.7 Å². The summed E-state index contributed by atoms with van der Waals surface area (Å²) in [6.45, 7) is 4.58. The normalized spacial score (nSPS) is 17.6. The number of likely N-dealkylation sites (tertiary alicyclic amines) is 1. The molecule has 1 fully saturated rings. The molecular formula is C20H26N4O3. The monoisotopic (exact) mass is 370 g/mol. The molecule has 1 unspecified atom stereocenters. The molecule has 2 aromatic rings. The van der Waals surface area contributed by atoms with Crippen molar-refractivity contribution < 1.29 is 14.1 Å². The van der Waals surface area contributed by atoms with Crippen LogP contribution < -0.4 is 5.32 Å². The summed E-state index contributed by atoms with van der Waals surface area (Å²) in [5.41, 5.74) is 0.539. The van der Waals surface area contributed by atoms with Gasteiger partial charge in [-0.3, -0.25) is 9.59 Å². The molecule has 7 nitrogen and oxygen atoms in total. The van der Waals surface area contributed by atoms with Crippen molar-refractivity contribution in [2.24, 2.45) is 0 Å². The van der Waals surface area contributed by atoms with Crippen molar-refractivity contribution in [3.8, 4) is 0 Å². The van der Waals surface area contributed by atoms with Gasteiger partial charge in [-0.2, -0.15) is 4.98 Å². The van der Waals surface area contributed by atoms with Crippen LogP contribution in [0.5, 0.6) is 0 Å². The lowest BCUT2D eigenvalue weighted by Crippen LogP contribution is -2.42. The van der Waals surface area contributed by atoms with Gasteiger partial charge in [0.2, 0.25) is 11.8 Å². The van der Waals surface area contributed by atoms with Crippen LogP contribution in [0.1, 0.15) is 73.6 Å². The first-order valence-corrected chi connectivity index (χ1v) is 9.52. The zero-order valence-corrected chi connectivity index (χ0v) is 15.9. The highest BCUT2D eigenvalue weighted by Gasteiger charge is 2.30. The van der Waals surface area contributed by atoms with Gasteiger partial charge in [-0.05, 0) is 25.0 Å². The lowest BCUT2D eigenvalue weighted by atomic mass is 10.1. The quantitative estimate of drug-likeness (QED) is 0.874. The first kappa shape index (κ1) is 19.1. The Morgan fingerprint density at radius 3 is 2.70 bits per heavy atom. The largest absolute Gasteiger partial charge is 0.343 e. The van der Waals surface area contributed by atoms with Gasteiger partial charge in [0, 0.05) is 18.0 Å². The van der Waals surface area contributed by atoms with Crippen LogP contribution >= 0.6 is 0 Å². The maximum absolute atomic E-state index is 12.8. The molecule has 3 rings (SSSR count). The van der Waals surface area contributed by atoms with Crippen LogP contribution in [0.2, 0.25) is 0 Å². The number of carbonyl (C=O) groups is 2. The summed E-state index contributed by atoms with van der Waals surface area (Å²) in [4.78, 5) is 31.3. The first-order valence-electron chi connectivity index (χ1n) is 9.52. The SMILES string of the molecule is CC(C)c1nc(C2CCCCCN2C(=O)CNC(=O)c2ccccc2)no1. The van der Waals surface area contributed by atoms with E-state index in [1.807, 2.05) is 19.9 Å². The molecule has 1 saturated heterocycles. The summed E-state index contributed by atoms with van der Waals surface area (Å²) in [5, 5.41) is 6.83. The molecular weight excluding hydrogens is 344 g/mol. The maximum atomic E-state index is 12.8. The molecule has 0 saturated carbocycles. The molecule has 0 spiro atoms. The second kappa shape index (κ2) is 8.79. The van der Waals surface area contributed by atoms with Crippen molar-refractivity contribution in [1.29, 1.82) is 0 Å². The number of rotatable bonds is 5. The Morgan fingerprint density at radius 2 is 2.00 bits per heavy atom. The van der Waals surface area contributed by atoms with E-state index < -0.39 is 0 Å². The molecule has 1 aliphatic heterocycles. The van der Waals surface area contributed by atoms with Crippen molar-refractivity contribution in [2.45, 2.75) is 51.5 Å². The molecule has 27 heavy (non-hydrogen) atoms. The molecule has 1 aromatic carbocycles. The minimum absolute atomic E-state index is 0.0425. The Kier molecular flexibility index (Phi) is 6.21. The van der Waals surface area contributed by atoms with Crippen molar-refractivity contribution in [3.63, 3.8) is 0 Å². The number of aromatic nitrogens is 2. The van der Waals surface area contributed by atoms with Gasteiger partial charge in [0.1, 0.15) is 0 Å². The second-order valence-electron chi connectivity index (χ2n) is 7.15. The average molecular weight is 370 g/mol. The van der Waals surface area contributed by atoms with Crippen LogP contribution in [0, 0.1) is 0 Å². The third-order valence-electron chi connectivity index (χ3n) is 4.76. The van der Waals surface area contributed by atoms with E-state index >= 15 is 0 Å². The second-order valence-corrected chi connectivity index (χ2v) is 7.15. The average Bonchev–Trinajstić information content (AvgIpc) is 3.05. The molecule has 144 valence electrons. The topological polar surface area (TPSA) is 88.3 Å². The number of nitrogens with one attached hydrogen (secondary N) is 1. The van der Waals surface area contributed by atoms with Crippen LogP contribution in [0.3, 0.4) is 0 Å². The van der Waals surface area contributed by atoms with E-state index in [9.17, 15) is 9.59 Å². The third-order valence-corrected chi connectivity index (χ3v) is 4.76. The number of hydrogen-bond donors (Lipinski definition) is 1. The van der Waals surface area contributed by atoms with Gasteiger partial charge >= 0.3 is 0 Å². The summed E-state index contributed by atoms with van der Waals surface area (Å²) >= 11 is 0. The Morgan fingerprint density at radius 1 is 1.22 bits per heavy atom. The fourth-order valence-corrected chi connectivity index (χ4v) is 3.24. The Hall–Kier alpha value is -2.70. The van der Waals surface area contributed by atoms with Gasteiger partial charge in [-0.1, -0.05) is 50.0 Å². The number of benzene rings is 1. The van der Waals surface area contributed by atoms with Crippen LogP contribution in [0.4, 0.5) is 0 Å². The van der Waals surface area contributed by atoms with Gasteiger partial charge in [-0.25, -0.2) is 0 Å². The molecule has 1 aromatic heterocycles. The molecule has 1 atom stereocenters. The number of nitrogens with zero attached hydrogens (tertiary/aromatic N) is 3. The van der Waals surface area contributed by atoms with E-state index in [2.05, 4.69) is 15.5 Å². The van der Waals surface area contributed by atoms with E-state index in [-0.39, 0.29) is 30.3 Å². The molecule has 2 amide bonds. The highest BCUT2D eigenvalue weighted by Crippen LogP contribution is 2.29. The van der Waals surface area contributed by atoms with Crippen molar-refractivity contribution in [2.75, 3.05) is 13.1 Å². The molecule has 7 heteroatoms. The minimum Gasteiger partial charge on any atom is -0.343 e. The van der Waals surface area contributed by atoms with E-state index in [1.165, 1.54) is 0 Å². The van der Waals surface area contributed by atoms with Crippen LogP contribution in [0.25, 0.3) is 0 Å². The molecule has 1 N–H and O–H groups in total. The van der Waals surface area contributed by atoms with Gasteiger partial charge in [0.25, 0.3) is 5.91 Å². The summed E-state index contributed by atoms with van der Waals surface area (Å²) in [5.74, 6) is 0.910. The molecule has 0 bridgehead atoms. The predicted octanol–water partition coefficient (Wildman–Crippen LogP) is 3.07. The zero-order valence-electron chi connectivity index (χ0n) is 15.9. The lowest BCUT2D eigenvalue weighted by molar-refractivity contribution is -0.132. The molecule has 2 heterocycles. The van der Waals surface area contributed by atoms with Crippen molar-refractivity contribution >= 4 is 11.8 Å². The van der Waals surface area contributed by atoms with Gasteiger partial charge in [-0.15, -0.1) is 0 Å². The first-order chi connectivity index (χ1) is 13.1. The molecule has 1 aliphatic rings. The molecule has 0 aliphatic carbocycles. The minimum atomic E-state index is -0.253. The van der Waals surface area contributed by atoms with Crippen LogP contribution in [-0.4, -0.2) is 39.9 Å². The smallest absolute Gasteiger partial charge is 0.251 e. The predicted molar refractivity (Wildman–Crippen MR) is 100 cm³/mol. The Balaban J connectivity index is 1.68. The molecule has 0 radical (unpaired) electrons. The van der Waals surface area contributed by atoms with E-state index in [4.69, 9.17) is 4.52 Å². The number of carbonyl (C=O) groups excluding carboxylic acids is 2. The fourth-order valence-electron chi connectivity index (χ4n) is 3.24. The third kappa shape index (κ3) is 4.72. The Bertz CT molecular complexity index is 773. The van der Waals surface area contributed by atoms with Gasteiger partial charge in [0.15, 0.2) is 5.82 Å². The van der Waals surface area contributed by atoms with Crippen molar-refractivity contribution in [3.05, 3.63) is 47.6 Å². The lowest BCUT2D eigenvalue weighted by Gasteiger charge is -2.28. The van der Waals surface area contributed by atoms with Gasteiger partial charge < -0.3 is 14.7 Å². The van der Waals surface area contributed by atoms with Crippen LogP contribution in [0.15, 0.2) is 34.9 Å². The standard InChI is InChI=1S/C20H26N4O3/c1-14(2)20-22-18(23-27-20)16-11-7-4-8-12-24(16)17(25)13-21-19(26)15-9-5-3-6-10-15/h3,5-6,9-10,14,16H,4,7-8,11-13H2,1-2H3,(H,21,26). The number of hydrogen-bond acceptors (Lipinski definition) is 5. The van der Waals surface area contributed by atoms with Gasteiger partial charge in [0.05, 0.1) is 12.6 Å². The summed E-state index contributed by atoms with van der Waals surface area (Å²) in [6, 6.07) is 8.68. The highest BCUT2D eigenvalue weighted by atomic mass is 16.5. The zero-order chi connectivity index (χ0) is 19.2. The summed E-state index contributed by atoms with van der Waals surface area (Å²) in [6.07, 6.45) is 3.81.